The number of para-hydroxylation sites is 1. The van der Waals surface area contributed by atoms with E-state index in [0.717, 1.165) is 5.56 Å². The van der Waals surface area contributed by atoms with Gasteiger partial charge in [0.1, 0.15) is 18.5 Å². The van der Waals surface area contributed by atoms with Crippen molar-refractivity contribution in [2.45, 2.75) is 26.1 Å². The highest BCUT2D eigenvalue weighted by molar-refractivity contribution is 5.34. The standard InChI is InChI=1S/C13H17NO3/c1-10(9-14)16-7-8-17-13-6-4-3-5-12(13)11(2)15/h3-6,10-11,15H,7-8H2,1-2H3/t10?,11-/m1/s1. The molecule has 0 heterocycles. The Morgan fingerprint density at radius 2 is 2.00 bits per heavy atom. The summed E-state index contributed by atoms with van der Waals surface area (Å²) in [7, 11) is 0. The quantitative estimate of drug-likeness (QED) is 0.766. The van der Waals surface area contributed by atoms with Crippen LogP contribution >= 0.6 is 0 Å². The Bertz CT molecular complexity index is 384. The third kappa shape index (κ3) is 4.43. The molecule has 0 aliphatic carbocycles. The van der Waals surface area contributed by atoms with E-state index < -0.39 is 12.2 Å². The lowest BCUT2D eigenvalue weighted by Gasteiger charge is -2.13. The number of benzene rings is 1. The van der Waals surface area contributed by atoms with Crippen molar-refractivity contribution in [2.24, 2.45) is 0 Å². The predicted molar refractivity (Wildman–Crippen MR) is 63.6 cm³/mol. The lowest BCUT2D eigenvalue weighted by Crippen LogP contribution is -2.13. The molecule has 0 aliphatic rings. The summed E-state index contributed by atoms with van der Waals surface area (Å²) in [5.74, 6) is 0.649. The molecule has 0 saturated heterocycles. The van der Waals surface area contributed by atoms with Gasteiger partial charge in [0.25, 0.3) is 0 Å². The summed E-state index contributed by atoms with van der Waals surface area (Å²) >= 11 is 0. The van der Waals surface area contributed by atoms with Crippen LogP contribution in [0.1, 0.15) is 25.5 Å². The second kappa shape index (κ2) is 6.89. The molecule has 1 rings (SSSR count). The van der Waals surface area contributed by atoms with E-state index in [1.807, 2.05) is 24.3 Å². The van der Waals surface area contributed by atoms with Crippen LogP contribution in [0.3, 0.4) is 0 Å². The Morgan fingerprint density at radius 3 is 2.65 bits per heavy atom. The molecule has 0 aliphatic heterocycles. The third-order valence-electron chi connectivity index (χ3n) is 2.26. The molecule has 0 aromatic heterocycles. The van der Waals surface area contributed by atoms with Gasteiger partial charge in [-0.05, 0) is 19.9 Å². The van der Waals surface area contributed by atoms with Crippen LogP contribution in [-0.2, 0) is 4.74 Å². The van der Waals surface area contributed by atoms with E-state index in [2.05, 4.69) is 0 Å². The van der Waals surface area contributed by atoms with Crippen LogP contribution in [0.25, 0.3) is 0 Å². The highest BCUT2D eigenvalue weighted by Gasteiger charge is 2.08. The fourth-order valence-corrected chi connectivity index (χ4v) is 1.37. The van der Waals surface area contributed by atoms with Gasteiger partial charge in [0.05, 0.1) is 18.8 Å². The van der Waals surface area contributed by atoms with Crippen molar-refractivity contribution >= 4 is 0 Å². The van der Waals surface area contributed by atoms with Crippen LogP contribution in [0.5, 0.6) is 5.75 Å². The number of hydrogen-bond acceptors (Lipinski definition) is 4. The van der Waals surface area contributed by atoms with Gasteiger partial charge in [-0.15, -0.1) is 0 Å². The van der Waals surface area contributed by atoms with E-state index in [4.69, 9.17) is 14.7 Å². The van der Waals surface area contributed by atoms with Crippen molar-refractivity contribution in [3.8, 4) is 11.8 Å². The highest BCUT2D eigenvalue weighted by Crippen LogP contribution is 2.24. The van der Waals surface area contributed by atoms with Crippen molar-refractivity contribution in [1.29, 1.82) is 5.26 Å². The van der Waals surface area contributed by atoms with Gasteiger partial charge in [-0.2, -0.15) is 5.26 Å². The zero-order valence-corrected chi connectivity index (χ0v) is 10.1. The Balaban J connectivity index is 2.44. The second-order valence-corrected chi connectivity index (χ2v) is 3.70. The van der Waals surface area contributed by atoms with Crippen LogP contribution < -0.4 is 4.74 Å². The molecule has 0 fully saturated rings. The zero-order valence-electron chi connectivity index (χ0n) is 10.1. The number of rotatable bonds is 6. The summed E-state index contributed by atoms with van der Waals surface area (Å²) in [6.07, 6.45) is -0.990. The Labute approximate surface area is 101 Å². The molecular weight excluding hydrogens is 218 g/mol. The average molecular weight is 235 g/mol. The lowest BCUT2D eigenvalue weighted by atomic mass is 10.1. The van der Waals surface area contributed by atoms with Crippen LogP contribution in [-0.4, -0.2) is 24.4 Å². The molecule has 1 aromatic rings. The number of nitriles is 1. The summed E-state index contributed by atoms with van der Waals surface area (Å²) in [6.45, 7) is 4.08. The SMILES string of the molecule is CC(C#N)OCCOc1ccccc1[C@@H](C)O. The predicted octanol–water partition coefficient (Wildman–Crippen LogP) is 2.05. The van der Waals surface area contributed by atoms with Crippen molar-refractivity contribution in [3.05, 3.63) is 29.8 Å². The first-order valence-electron chi connectivity index (χ1n) is 5.56. The van der Waals surface area contributed by atoms with Crippen molar-refractivity contribution < 1.29 is 14.6 Å². The molecule has 0 radical (unpaired) electrons. The van der Waals surface area contributed by atoms with Crippen LogP contribution in [0, 0.1) is 11.3 Å². The van der Waals surface area contributed by atoms with E-state index in [9.17, 15) is 5.11 Å². The minimum Gasteiger partial charge on any atom is -0.491 e. The monoisotopic (exact) mass is 235 g/mol. The second-order valence-electron chi connectivity index (χ2n) is 3.70. The van der Waals surface area contributed by atoms with Crippen molar-refractivity contribution in [2.75, 3.05) is 13.2 Å². The molecule has 2 atom stereocenters. The summed E-state index contributed by atoms with van der Waals surface area (Å²) in [4.78, 5) is 0. The average Bonchev–Trinajstić information content (AvgIpc) is 2.34. The van der Waals surface area contributed by atoms with Crippen molar-refractivity contribution in [3.63, 3.8) is 0 Å². The largest absolute Gasteiger partial charge is 0.491 e. The number of ether oxygens (including phenoxy) is 2. The minimum atomic E-state index is -0.565. The molecule has 1 unspecified atom stereocenters. The van der Waals surface area contributed by atoms with Gasteiger partial charge >= 0.3 is 0 Å². The maximum absolute atomic E-state index is 9.53. The molecule has 17 heavy (non-hydrogen) atoms. The summed E-state index contributed by atoms with van der Waals surface area (Å²) in [5, 5.41) is 18.1. The molecule has 0 spiro atoms. The fourth-order valence-electron chi connectivity index (χ4n) is 1.37. The van der Waals surface area contributed by atoms with Crippen molar-refractivity contribution in [1.82, 2.24) is 0 Å². The van der Waals surface area contributed by atoms with Crippen LogP contribution in [0.2, 0.25) is 0 Å². The fraction of sp³-hybridized carbons (Fsp3) is 0.462. The first-order valence-corrected chi connectivity index (χ1v) is 5.56. The number of aliphatic hydroxyl groups excluding tert-OH is 1. The number of nitrogens with zero attached hydrogens (tertiary/aromatic N) is 1. The van der Waals surface area contributed by atoms with Gasteiger partial charge in [0, 0.05) is 5.56 Å². The molecule has 0 saturated carbocycles. The van der Waals surface area contributed by atoms with Gasteiger partial charge < -0.3 is 14.6 Å². The maximum atomic E-state index is 9.53. The van der Waals surface area contributed by atoms with Gasteiger partial charge in [0.15, 0.2) is 0 Å². The molecule has 1 aromatic carbocycles. The van der Waals surface area contributed by atoms with Crippen LogP contribution in [0.4, 0.5) is 0 Å². The topological polar surface area (TPSA) is 62.5 Å². The number of hydrogen-bond donors (Lipinski definition) is 1. The van der Waals surface area contributed by atoms with Gasteiger partial charge in [-0.25, -0.2) is 0 Å². The summed E-state index contributed by atoms with van der Waals surface area (Å²) in [6, 6.07) is 9.29. The molecule has 4 nitrogen and oxygen atoms in total. The van der Waals surface area contributed by atoms with Gasteiger partial charge in [0.2, 0.25) is 0 Å². The molecule has 92 valence electrons. The van der Waals surface area contributed by atoms with E-state index in [1.54, 1.807) is 19.9 Å². The summed E-state index contributed by atoms with van der Waals surface area (Å²) < 4.78 is 10.7. The minimum absolute atomic E-state index is 0.350. The Kier molecular flexibility index (Phi) is 5.47. The van der Waals surface area contributed by atoms with E-state index in [1.165, 1.54) is 0 Å². The Hall–Kier alpha value is -1.57. The molecule has 0 amide bonds. The smallest absolute Gasteiger partial charge is 0.141 e. The zero-order chi connectivity index (χ0) is 12.7. The molecule has 4 heteroatoms. The first-order chi connectivity index (χ1) is 8.15. The lowest BCUT2D eigenvalue weighted by molar-refractivity contribution is 0.0732. The van der Waals surface area contributed by atoms with E-state index in [0.29, 0.717) is 19.0 Å². The van der Waals surface area contributed by atoms with Gasteiger partial charge in [-0.3, -0.25) is 0 Å². The molecular formula is C13H17NO3. The third-order valence-corrected chi connectivity index (χ3v) is 2.26. The molecule has 0 bridgehead atoms. The highest BCUT2D eigenvalue weighted by atomic mass is 16.5. The normalized spacial score (nSPS) is 13.8. The Morgan fingerprint density at radius 1 is 1.29 bits per heavy atom. The van der Waals surface area contributed by atoms with Crippen LogP contribution in [0.15, 0.2) is 24.3 Å². The van der Waals surface area contributed by atoms with E-state index >= 15 is 0 Å². The molecule has 1 N–H and O–H groups in total. The maximum Gasteiger partial charge on any atom is 0.141 e. The first kappa shape index (κ1) is 13.5. The number of aliphatic hydroxyl groups is 1. The summed E-state index contributed by atoms with van der Waals surface area (Å²) in [5.41, 5.74) is 0.751. The van der Waals surface area contributed by atoms with Gasteiger partial charge in [-0.1, -0.05) is 18.2 Å². The van der Waals surface area contributed by atoms with E-state index in [-0.39, 0.29) is 0 Å².